The van der Waals surface area contributed by atoms with Gasteiger partial charge in [0.05, 0.1) is 22.5 Å². The molecule has 0 bridgehead atoms. The van der Waals surface area contributed by atoms with Crippen LogP contribution in [-0.2, 0) is 0 Å². The van der Waals surface area contributed by atoms with E-state index in [1.165, 1.54) is 21.1 Å². The number of hydrogen-bond acceptors (Lipinski definition) is 7. The molecule has 124 valence electrons. The summed E-state index contributed by atoms with van der Waals surface area (Å²) >= 11 is 1.21. The van der Waals surface area contributed by atoms with Crippen molar-refractivity contribution in [1.82, 2.24) is 30.0 Å². The lowest BCUT2D eigenvalue weighted by molar-refractivity contribution is 0.0928. The van der Waals surface area contributed by atoms with Gasteiger partial charge in [0, 0.05) is 0 Å². The first-order valence-corrected chi connectivity index (χ1v) is 8.64. The minimum atomic E-state index is -0.227. The molecule has 0 aliphatic carbocycles. The third-order valence-electron chi connectivity index (χ3n) is 3.63. The SMILES string of the molecule is O=C(CSCC(=O)n1nnc2ccccc21)n1nnc2ccccc21. The van der Waals surface area contributed by atoms with Crippen molar-refractivity contribution in [3.8, 4) is 0 Å². The van der Waals surface area contributed by atoms with Crippen molar-refractivity contribution in [2.75, 3.05) is 11.5 Å². The van der Waals surface area contributed by atoms with Gasteiger partial charge in [-0.2, -0.15) is 9.36 Å². The highest BCUT2D eigenvalue weighted by Gasteiger charge is 2.15. The molecule has 0 N–H and O–H groups in total. The predicted molar refractivity (Wildman–Crippen MR) is 93.6 cm³/mol. The van der Waals surface area contributed by atoms with Crippen LogP contribution in [0.4, 0.5) is 0 Å². The van der Waals surface area contributed by atoms with Crippen LogP contribution < -0.4 is 0 Å². The Labute approximate surface area is 145 Å². The molecule has 0 fully saturated rings. The van der Waals surface area contributed by atoms with Gasteiger partial charge in [-0.05, 0) is 24.3 Å². The summed E-state index contributed by atoms with van der Waals surface area (Å²) in [5.74, 6) is -0.220. The number of carbonyl (C=O) groups excluding carboxylic acids is 2. The third kappa shape index (κ3) is 2.89. The Bertz CT molecular complexity index is 1000. The molecule has 2 heterocycles. The molecule has 2 aromatic carbocycles. The van der Waals surface area contributed by atoms with E-state index in [1.54, 1.807) is 24.3 Å². The number of thioether (sulfide) groups is 1. The number of para-hydroxylation sites is 2. The lowest BCUT2D eigenvalue weighted by atomic mass is 10.3. The largest absolute Gasteiger partial charge is 0.272 e. The van der Waals surface area contributed by atoms with Crippen LogP contribution in [0.2, 0.25) is 0 Å². The molecule has 0 aliphatic heterocycles. The summed E-state index contributed by atoms with van der Waals surface area (Å²) in [7, 11) is 0. The third-order valence-corrected chi connectivity index (χ3v) is 4.53. The van der Waals surface area contributed by atoms with Crippen LogP contribution in [0.15, 0.2) is 48.5 Å². The Morgan fingerprint density at radius 2 is 1.20 bits per heavy atom. The summed E-state index contributed by atoms with van der Waals surface area (Å²) in [4.78, 5) is 24.6. The van der Waals surface area contributed by atoms with Crippen molar-refractivity contribution in [3.05, 3.63) is 48.5 Å². The molecule has 0 saturated heterocycles. The number of rotatable bonds is 4. The summed E-state index contributed by atoms with van der Waals surface area (Å²) in [5.41, 5.74) is 2.63. The lowest BCUT2D eigenvalue weighted by Gasteiger charge is -2.02. The second kappa shape index (κ2) is 6.44. The van der Waals surface area contributed by atoms with Crippen molar-refractivity contribution >= 4 is 45.6 Å². The van der Waals surface area contributed by atoms with Crippen molar-refractivity contribution in [2.24, 2.45) is 0 Å². The van der Waals surface area contributed by atoms with E-state index < -0.39 is 0 Å². The van der Waals surface area contributed by atoms with Crippen LogP contribution in [0.3, 0.4) is 0 Å². The zero-order valence-electron chi connectivity index (χ0n) is 12.9. The van der Waals surface area contributed by atoms with Gasteiger partial charge in [-0.1, -0.05) is 34.7 Å². The van der Waals surface area contributed by atoms with Gasteiger partial charge >= 0.3 is 0 Å². The maximum Gasteiger partial charge on any atom is 0.258 e. The van der Waals surface area contributed by atoms with Gasteiger partial charge in [0.25, 0.3) is 11.8 Å². The molecule has 4 aromatic rings. The van der Waals surface area contributed by atoms with Gasteiger partial charge < -0.3 is 0 Å². The second-order valence-corrected chi connectivity index (χ2v) is 6.25. The Morgan fingerprint density at radius 3 is 1.68 bits per heavy atom. The standard InChI is InChI=1S/C16H12N6O2S/c23-15(21-13-7-3-1-5-11(13)17-19-21)9-25-10-16(24)22-14-8-4-2-6-12(14)18-20-22/h1-8H,9-10H2. The van der Waals surface area contributed by atoms with Gasteiger partial charge in [0.2, 0.25) is 0 Å². The maximum absolute atomic E-state index is 12.3. The van der Waals surface area contributed by atoms with E-state index in [0.717, 1.165) is 0 Å². The second-order valence-electron chi connectivity index (χ2n) is 5.26. The fraction of sp³-hybridized carbons (Fsp3) is 0.125. The molecule has 0 radical (unpaired) electrons. The zero-order chi connectivity index (χ0) is 17.2. The molecule has 0 atom stereocenters. The Hall–Kier alpha value is -3.07. The van der Waals surface area contributed by atoms with Crippen LogP contribution in [0.1, 0.15) is 9.59 Å². The highest BCUT2D eigenvalue weighted by molar-refractivity contribution is 8.00. The van der Waals surface area contributed by atoms with Crippen molar-refractivity contribution in [2.45, 2.75) is 0 Å². The van der Waals surface area contributed by atoms with Crippen molar-refractivity contribution in [1.29, 1.82) is 0 Å². The van der Waals surface area contributed by atoms with Crippen LogP contribution in [0.5, 0.6) is 0 Å². The van der Waals surface area contributed by atoms with Crippen LogP contribution in [0.25, 0.3) is 22.1 Å². The van der Waals surface area contributed by atoms with Gasteiger partial charge in [-0.15, -0.1) is 22.0 Å². The van der Waals surface area contributed by atoms with Crippen molar-refractivity contribution < 1.29 is 9.59 Å². The molecular formula is C16H12N6O2S. The normalized spacial score (nSPS) is 11.2. The van der Waals surface area contributed by atoms with E-state index in [0.29, 0.717) is 22.1 Å². The first-order valence-electron chi connectivity index (χ1n) is 7.49. The maximum atomic E-state index is 12.3. The number of fused-ring (bicyclic) bond motifs is 2. The molecule has 0 spiro atoms. The number of aromatic nitrogens is 6. The quantitative estimate of drug-likeness (QED) is 0.553. The monoisotopic (exact) mass is 352 g/mol. The first kappa shape index (κ1) is 15.5. The van der Waals surface area contributed by atoms with E-state index >= 15 is 0 Å². The zero-order valence-corrected chi connectivity index (χ0v) is 13.8. The summed E-state index contributed by atoms with van der Waals surface area (Å²) in [6.45, 7) is 0. The van der Waals surface area contributed by atoms with E-state index in [-0.39, 0.29) is 23.3 Å². The van der Waals surface area contributed by atoms with Crippen LogP contribution >= 0.6 is 11.8 Å². The molecule has 0 aliphatic rings. The molecule has 4 rings (SSSR count). The van der Waals surface area contributed by atoms with E-state index in [2.05, 4.69) is 20.6 Å². The fourth-order valence-electron chi connectivity index (χ4n) is 2.45. The van der Waals surface area contributed by atoms with E-state index in [4.69, 9.17) is 0 Å². The summed E-state index contributed by atoms with van der Waals surface area (Å²) < 4.78 is 2.52. The lowest BCUT2D eigenvalue weighted by Crippen LogP contribution is -2.19. The molecule has 25 heavy (non-hydrogen) atoms. The van der Waals surface area contributed by atoms with Crippen molar-refractivity contribution in [3.63, 3.8) is 0 Å². The highest BCUT2D eigenvalue weighted by atomic mass is 32.2. The van der Waals surface area contributed by atoms with Gasteiger partial charge in [-0.3, -0.25) is 9.59 Å². The number of carbonyl (C=O) groups is 2. The first-order chi connectivity index (χ1) is 12.2. The number of hydrogen-bond donors (Lipinski definition) is 0. The molecule has 0 unspecified atom stereocenters. The molecule has 9 heteroatoms. The van der Waals surface area contributed by atoms with Crippen LogP contribution in [-0.4, -0.2) is 53.3 Å². The number of nitrogens with zero attached hydrogens (tertiary/aromatic N) is 6. The average molecular weight is 352 g/mol. The smallest absolute Gasteiger partial charge is 0.258 e. The topological polar surface area (TPSA) is 95.6 Å². The molecule has 0 amide bonds. The predicted octanol–water partition coefficient (Wildman–Crippen LogP) is 1.89. The summed E-state index contributed by atoms with van der Waals surface area (Å²) in [5, 5.41) is 15.7. The Balaban J connectivity index is 1.42. The molecule has 8 nitrogen and oxygen atoms in total. The summed E-state index contributed by atoms with van der Waals surface area (Å²) in [6.07, 6.45) is 0. The minimum Gasteiger partial charge on any atom is -0.272 e. The fourth-order valence-corrected chi connectivity index (χ4v) is 3.15. The summed E-state index contributed by atoms with van der Waals surface area (Å²) in [6, 6.07) is 14.5. The van der Waals surface area contributed by atoms with Gasteiger partial charge in [0.1, 0.15) is 11.0 Å². The van der Waals surface area contributed by atoms with Gasteiger partial charge in [0.15, 0.2) is 0 Å². The molecule has 0 saturated carbocycles. The Morgan fingerprint density at radius 1 is 0.760 bits per heavy atom. The highest BCUT2D eigenvalue weighted by Crippen LogP contribution is 2.13. The molecule has 2 aromatic heterocycles. The van der Waals surface area contributed by atoms with E-state index in [9.17, 15) is 9.59 Å². The number of benzene rings is 2. The molecular weight excluding hydrogens is 340 g/mol. The average Bonchev–Trinajstić information content (AvgIpc) is 3.26. The van der Waals surface area contributed by atoms with Crippen LogP contribution in [0, 0.1) is 0 Å². The van der Waals surface area contributed by atoms with E-state index in [1.807, 2.05) is 24.3 Å². The Kier molecular flexibility index (Phi) is 3.98. The minimum absolute atomic E-state index is 0.117. The van der Waals surface area contributed by atoms with Gasteiger partial charge in [-0.25, -0.2) is 0 Å².